The molecule has 0 aliphatic rings. The summed E-state index contributed by atoms with van der Waals surface area (Å²) in [5.74, 6) is -1.25. The Bertz CT molecular complexity index is 752. The maximum atomic E-state index is 12.3. The molecule has 1 aromatic heterocycles. The lowest BCUT2D eigenvalue weighted by atomic mass is 10.0. The van der Waals surface area contributed by atoms with Crippen molar-refractivity contribution in [3.8, 4) is 0 Å². The standard InChI is InChI=1S/C18H19NO4S/c1-11-6-7-14(9-12(11)2)17(21)13(3)23-16(20)10-19-18(22)15-5-4-8-24-15/h4-9,13H,10H2,1-3H3,(H,19,22)/t13-/m0/s1. The van der Waals surface area contributed by atoms with Crippen molar-refractivity contribution in [3.05, 3.63) is 57.3 Å². The van der Waals surface area contributed by atoms with Gasteiger partial charge in [-0.2, -0.15) is 0 Å². The van der Waals surface area contributed by atoms with Crippen LogP contribution in [0.4, 0.5) is 0 Å². The van der Waals surface area contributed by atoms with E-state index in [1.54, 1.807) is 29.6 Å². The first-order valence-electron chi connectivity index (χ1n) is 7.51. The Morgan fingerprint density at radius 3 is 2.54 bits per heavy atom. The fourth-order valence-corrected chi connectivity index (χ4v) is 2.71. The minimum Gasteiger partial charge on any atom is -0.453 e. The van der Waals surface area contributed by atoms with Gasteiger partial charge in [-0.1, -0.05) is 18.2 Å². The molecule has 1 heterocycles. The number of ketones is 1. The number of Topliss-reactive ketones (excluding diaryl/α,β-unsaturated/α-hetero) is 1. The highest BCUT2D eigenvalue weighted by Gasteiger charge is 2.20. The fourth-order valence-electron chi connectivity index (χ4n) is 2.07. The molecule has 0 saturated heterocycles. The van der Waals surface area contributed by atoms with Crippen LogP contribution in [0.5, 0.6) is 0 Å². The molecule has 1 aromatic carbocycles. The van der Waals surface area contributed by atoms with Crippen LogP contribution in [0.3, 0.4) is 0 Å². The lowest BCUT2D eigenvalue weighted by Gasteiger charge is -2.13. The summed E-state index contributed by atoms with van der Waals surface area (Å²) in [4.78, 5) is 36.4. The highest BCUT2D eigenvalue weighted by Crippen LogP contribution is 2.13. The van der Waals surface area contributed by atoms with E-state index in [9.17, 15) is 14.4 Å². The molecule has 0 radical (unpaired) electrons. The van der Waals surface area contributed by atoms with Gasteiger partial charge in [-0.25, -0.2) is 0 Å². The number of esters is 1. The molecule has 24 heavy (non-hydrogen) atoms. The fraction of sp³-hybridized carbons (Fsp3) is 0.278. The average molecular weight is 345 g/mol. The normalized spacial score (nSPS) is 11.6. The Morgan fingerprint density at radius 2 is 1.92 bits per heavy atom. The zero-order valence-electron chi connectivity index (χ0n) is 13.8. The molecule has 6 heteroatoms. The Balaban J connectivity index is 1.87. The van der Waals surface area contributed by atoms with E-state index in [4.69, 9.17) is 4.74 Å². The molecule has 0 unspecified atom stereocenters. The minimum absolute atomic E-state index is 0.268. The maximum absolute atomic E-state index is 12.3. The number of amides is 1. The molecule has 0 spiro atoms. The number of carbonyl (C=O) groups excluding carboxylic acids is 3. The van der Waals surface area contributed by atoms with E-state index in [2.05, 4.69) is 5.32 Å². The number of carbonyl (C=O) groups is 3. The number of aryl methyl sites for hydroxylation is 2. The zero-order chi connectivity index (χ0) is 17.7. The molecule has 1 amide bonds. The summed E-state index contributed by atoms with van der Waals surface area (Å²) in [6.07, 6.45) is -0.904. The predicted molar refractivity (Wildman–Crippen MR) is 92.5 cm³/mol. The Labute approximate surface area is 144 Å². The van der Waals surface area contributed by atoms with Crippen LogP contribution in [0.2, 0.25) is 0 Å². The smallest absolute Gasteiger partial charge is 0.326 e. The van der Waals surface area contributed by atoms with Gasteiger partial charge in [-0.3, -0.25) is 14.4 Å². The summed E-state index contributed by atoms with van der Waals surface area (Å²) in [6.45, 7) is 5.13. The van der Waals surface area contributed by atoms with E-state index >= 15 is 0 Å². The molecule has 0 bridgehead atoms. The van der Waals surface area contributed by atoms with Crippen molar-refractivity contribution >= 4 is 29.0 Å². The van der Waals surface area contributed by atoms with E-state index in [0.717, 1.165) is 11.1 Å². The van der Waals surface area contributed by atoms with Gasteiger partial charge in [-0.15, -0.1) is 11.3 Å². The van der Waals surface area contributed by atoms with E-state index in [1.165, 1.54) is 18.3 Å². The number of benzene rings is 1. The molecule has 1 N–H and O–H groups in total. The van der Waals surface area contributed by atoms with Crippen LogP contribution in [0.25, 0.3) is 0 Å². The lowest BCUT2D eigenvalue weighted by molar-refractivity contribution is -0.145. The van der Waals surface area contributed by atoms with E-state index in [-0.39, 0.29) is 18.2 Å². The van der Waals surface area contributed by atoms with Crippen molar-refractivity contribution < 1.29 is 19.1 Å². The monoisotopic (exact) mass is 345 g/mol. The molecule has 0 aliphatic carbocycles. The van der Waals surface area contributed by atoms with Crippen LogP contribution in [0.15, 0.2) is 35.7 Å². The molecule has 0 fully saturated rings. The van der Waals surface area contributed by atoms with Crippen molar-refractivity contribution in [3.63, 3.8) is 0 Å². The third-order valence-electron chi connectivity index (χ3n) is 3.61. The molecular formula is C18H19NO4S. The van der Waals surface area contributed by atoms with Gasteiger partial charge in [0.25, 0.3) is 5.91 Å². The summed E-state index contributed by atoms with van der Waals surface area (Å²) in [5.41, 5.74) is 2.59. The number of nitrogens with one attached hydrogen (secondary N) is 1. The molecule has 2 rings (SSSR count). The number of ether oxygens (including phenoxy) is 1. The maximum Gasteiger partial charge on any atom is 0.326 e. The number of hydrogen-bond donors (Lipinski definition) is 1. The second kappa shape index (κ2) is 7.88. The quantitative estimate of drug-likeness (QED) is 0.645. The topological polar surface area (TPSA) is 72.5 Å². The van der Waals surface area contributed by atoms with Gasteiger partial charge in [0.2, 0.25) is 5.78 Å². The largest absolute Gasteiger partial charge is 0.453 e. The van der Waals surface area contributed by atoms with Crippen LogP contribution in [-0.4, -0.2) is 30.3 Å². The second-order valence-corrected chi connectivity index (χ2v) is 6.40. The molecular weight excluding hydrogens is 326 g/mol. The third kappa shape index (κ3) is 4.52. The Kier molecular flexibility index (Phi) is 5.87. The summed E-state index contributed by atoms with van der Waals surface area (Å²) in [6, 6.07) is 8.77. The van der Waals surface area contributed by atoms with Gasteiger partial charge in [0.15, 0.2) is 6.10 Å². The van der Waals surface area contributed by atoms with Crippen LogP contribution in [0.1, 0.15) is 38.1 Å². The van der Waals surface area contributed by atoms with Crippen molar-refractivity contribution in [2.75, 3.05) is 6.54 Å². The second-order valence-electron chi connectivity index (χ2n) is 5.46. The molecule has 1 atom stereocenters. The first-order chi connectivity index (χ1) is 11.4. The Morgan fingerprint density at radius 1 is 1.17 bits per heavy atom. The summed E-state index contributed by atoms with van der Waals surface area (Å²) in [7, 11) is 0. The van der Waals surface area contributed by atoms with Crippen molar-refractivity contribution in [2.24, 2.45) is 0 Å². The van der Waals surface area contributed by atoms with Crippen molar-refractivity contribution in [1.29, 1.82) is 0 Å². The van der Waals surface area contributed by atoms with Crippen LogP contribution >= 0.6 is 11.3 Å². The number of thiophene rings is 1. The average Bonchev–Trinajstić information content (AvgIpc) is 3.09. The zero-order valence-corrected chi connectivity index (χ0v) is 14.6. The van der Waals surface area contributed by atoms with Gasteiger partial charge < -0.3 is 10.1 Å². The van der Waals surface area contributed by atoms with Gasteiger partial charge in [0, 0.05) is 5.56 Å². The molecule has 0 aliphatic heterocycles. The van der Waals surface area contributed by atoms with Gasteiger partial charge in [0.1, 0.15) is 6.54 Å². The molecule has 5 nitrogen and oxygen atoms in total. The van der Waals surface area contributed by atoms with E-state index in [0.29, 0.717) is 10.4 Å². The summed E-state index contributed by atoms with van der Waals surface area (Å²) in [5, 5.41) is 4.25. The highest BCUT2D eigenvalue weighted by atomic mass is 32.1. The van der Waals surface area contributed by atoms with Crippen LogP contribution in [-0.2, 0) is 9.53 Å². The highest BCUT2D eigenvalue weighted by molar-refractivity contribution is 7.12. The van der Waals surface area contributed by atoms with Gasteiger partial charge in [-0.05, 0) is 49.4 Å². The first-order valence-corrected chi connectivity index (χ1v) is 8.39. The molecule has 2 aromatic rings. The van der Waals surface area contributed by atoms with Crippen LogP contribution < -0.4 is 5.32 Å². The number of rotatable bonds is 6. The minimum atomic E-state index is -0.904. The predicted octanol–water partition coefficient (Wildman–Crippen LogP) is 2.91. The van der Waals surface area contributed by atoms with E-state index in [1.807, 2.05) is 19.9 Å². The molecule has 0 saturated carbocycles. The van der Waals surface area contributed by atoms with E-state index < -0.39 is 12.1 Å². The first kappa shape index (κ1) is 17.9. The SMILES string of the molecule is Cc1ccc(C(=O)[C@H](C)OC(=O)CNC(=O)c2cccs2)cc1C. The molecule has 126 valence electrons. The van der Waals surface area contributed by atoms with Crippen molar-refractivity contribution in [1.82, 2.24) is 5.32 Å². The Hall–Kier alpha value is -2.47. The van der Waals surface area contributed by atoms with Gasteiger partial charge >= 0.3 is 5.97 Å². The van der Waals surface area contributed by atoms with Crippen molar-refractivity contribution in [2.45, 2.75) is 26.9 Å². The van der Waals surface area contributed by atoms with Crippen LogP contribution in [0, 0.1) is 13.8 Å². The third-order valence-corrected chi connectivity index (χ3v) is 4.48. The summed E-state index contributed by atoms with van der Waals surface area (Å²) >= 11 is 1.28. The lowest BCUT2D eigenvalue weighted by Crippen LogP contribution is -2.33. The van der Waals surface area contributed by atoms with Gasteiger partial charge in [0.05, 0.1) is 4.88 Å². The summed E-state index contributed by atoms with van der Waals surface area (Å²) < 4.78 is 5.10. The number of hydrogen-bond acceptors (Lipinski definition) is 5.